The number of piperazine rings is 1. The van der Waals surface area contributed by atoms with Gasteiger partial charge in [-0.25, -0.2) is 0 Å². The lowest BCUT2D eigenvalue weighted by Gasteiger charge is -2.32. The Kier molecular flexibility index (Phi) is 7.17. The number of carbonyl (C=O) groups is 4. The smallest absolute Gasteiger partial charge is 0.258 e. The van der Waals surface area contributed by atoms with Crippen LogP contribution in [0.25, 0.3) is 32.9 Å². The highest BCUT2D eigenvalue weighted by atomic mass is 16.2. The molecular formula is C32H35N5O4. The van der Waals surface area contributed by atoms with Crippen LogP contribution in [0.15, 0.2) is 48.5 Å². The summed E-state index contributed by atoms with van der Waals surface area (Å²) >= 11 is 0. The molecule has 1 fully saturated rings. The van der Waals surface area contributed by atoms with Gasteiger partial charge in [0.25, 0.3) is 17.7 Å². The molecular weight excluding hydrogens is 518 g/mol. The van der Waals surface area contributed by atoms with Crippen LogP contribution in [0.2, 0.25) is 0 Å². The van der Waals surface area contributed by atoms with Crippen LogP contribution in [0.4, 0.5) is 0 Å². The summed E-state index contributed by atoms with van der Waals surface area (Å²) in [6.45, 7) is 10.1. The van der Waals surface area contributed by atoms with Crippen molar-refractivity contribution >= 4 is 45.4 Å². The molecule has 9 heteroatoms. The molecule has 1 aromatic heterocycles. The summed E-state index contributed by atoms with van der Waals surface area (Å²) in [5, 5.41) is 4.09. The Balaban J connectivity index is 1.62. The SMILES string of the molecule is Cc1c(C(=O)NC(=O)C(C)(C)C)cccc1-c1ccc(C(N)=O)c2[nH]c3cc(C(=O)N4CCN(C)CC4)ccc3c12. The van der Waals surface area contributed by atoms with Gasteiger partial charge in [0.2, 0.25) is 5.91 Å². The molecule has 1 aliphatic heterocycles. The number of likely N-dealkylation sites (N-methyl/N-ethyl adjacent to an activating group) is 1. The third-order valence-corrected chi connectivity index (χ3v) is 7.83. The number of primary amides is 1. The second-order valence-corrected chi connectivity index (χ2v) is 11.8. The van der Waals surface area contributed by atoms with Crippen molar-refractivity contribution < 1.29 is 19.2 Å². The molecule has 0 radical (unpaired) electrons. The number of nitrogens with zero attached hydrogens (tertiary/aromatic N) is 2. The number of imide groups is 1. The fourth-order valence-electron chi connectivity index (χ4n) is 5.30. The van der Waals surface area contributed by atoms with Crippen molar-refractivity contribution in [3.05, 3.63) is 70.8 Å². The first-order valence-corrected chi connectivity index (χ1v) is 13.7. The standard InChI is InChI=1S/C32H35N5O4/c1-18-20(7-6-8-21(18)29(39)35-31(41)32(2,3)4)22-11-12-24(28(33)38)27-26(22)23-10-9-19(17-25(23)34-27)30(40)37-15-13-36(5)14-16-37/h6-12,17,34H,13-16H2,1-5H3,(H2,33,38)(H,35,39,41). The number of H-pyrrole nitrogens is 1. The number of amides is 4. The molecule has 1 saturated heterocycles. The van der Waals surface area contributed by atoms with Gasteiger partial charge in [-0.15, -0.1) is 0 Å². The summed E-state index contributed by atoms with van der Waals surface area (Å²) < 4.78 is 0. The second kappa shape index (κ2) is 10.5. The van der Waals surface area contributed by atoms with Gasteiger partial charge in [0.1, 0.15) is 0 Å². The molecule has 1 aliphatic rings. The number of fused-ring (bicyclic) bond motifs is 3. The Labute approximate surface area is 238 Å². The number of aromatic nitrogens is 1. The molecule has 4 amide bonds. The van der Waals surface area contributed by atoms with E-state index >= 15 is 0 Å². The highest BCUT2D eigenvalue weighted by molar-refractivity contribution is 6.21. The maximum atomic E-state index is 13.3. The van der Waals surface area contributed by atoms with Crippen molar-refractivity contribution in [1.82, 2.24) is 20.1 Å². The lowest BCUT2D eigenvalue weighted by Crippen LogP contribution is -2.47. The summed E-state index contributed by atoms with van der Waals surface area (Å²) in [5.41, 5.74) is 9.83. The van der Waals surface area contributed by atoms with Crippen molar-refractivity contribution in [2.24, 2.45) is 11.1 Å². The summed E-state index contributed by atoms with van der Waals surface area (Å²) in [6, 6.07) is 14.4. The summed E-state index contributed by atoms with van der Waals surface area (Å²) in [7, 11) is 2.04. The maximum Gasteiger partial charge on any atom is 0.258 e. The maximum absolute atomic E-state index is 13.3. The van der Waals surface area contributed by atoms with Gasteiger partial charge in [-0.3, -0.25) is 24.5 Å². The first-order valence-electron chi connectivity index (χ1n) is 13.7. The predicted molar refractivity (Wildman–Crippen MR) is 160 cm³/mol. The third kappa shape index (κ3) is 5.20. The largest absolute Gasteiger partial charge is 0.366 e. The zero-order valence-corrected chi connectivity index (χ0v) is 24.1. The molecule has 3 aromatic carbocycles. The second-order valence-electron chi connectivity index (χ2n) is 11.8. The minimum atomic E-state index is -0.716. The highest BCUT2D eigenvalue weighted by Crippen LogP contribution is 2.38. The number of hydrogen-bond donors (Lipinski definition) is 3. The first kappa shape index (κ1) is 28.0. The Bertz CT molecular complexity index is 1720. The summed E-state index contributed by atoms with van der Waals surface area (Å²) in [6.07, 6.45) is 0. The topological polar surface area (TPSA) is 129 Å². The zero-order valence-electron chi connectivity index (χ0n) is 24.1. The molecule has 0 aliphatic carbocycles. The first-order chi connectivity index (χ1) is 19.4. The quantitative estimate of drug-likeness (QED) is 0.351. The van der Waals surface area contributed by atoms with Crippen LogP contribution in [0.5, 0.6) is 0 Å². The molecule has 0 atom stereocenters. The van der Waals surface area contributed by atoms with Crippen LogP contribution >= 0.6 is 0 Å². The highest BCUT2D eigenvalue weighted by Gasteiger charge is 2.26. The van der Waals surface area contributed by atoms with E-state index in [0.29, 0.717) is 46.4 Å². The average molecular weight is 554 g/mol. The Morgan fingerprint density at radius 3 is 2.27 bits per heavy atom. The molecule has 0 unspecified atom stereocenters. The summed E-state index contributed by atoms with van der Waals surface area (Å²) in [5.74, 6) is -1.44. The van der Waals surface area contributed by atoms with Crippen molar-refractivity contribution in [1.29, 1.82) is 0 Å². The van der Waals surface area contributed by atoms with Gasteiger partial charge in [0.05, 0.1) is 11.1 Å². The summed E-state index contributed by atoms with van der Waals surface area (Å²) in [4.78, 5) is 58.6. The number of benzene rings is 3. The average Bonchev–Trinajstić information content (AvgIpc) is 3.31. The van der Waals surface area contributed by atoms with E-state index in [1.54, 1.807) is 39.0 Å². The van der Waals surface area contributed by atoms with Crippen molar-refractivity contribution in [2.45, 2.75) is 27.7 Å². The molecule has 0 spiro atoms. The Hall–Kier alpha value is -4.50. The van der Waals surface area contributed by atoms with Gasteiger partial charge in [-0.05, 0) is 54.9 Å². The van der Waals surface area contributed by atoms with Gasteiger partial charge < -0.3 is 20.5 Å². The molecule has 0 bridgehead atoms. The van der Waals surface area contributed by atoms with E-state index in [1.165, 1.54) is 0 Å². The fraction of sp³-hybridized carbons (Fsp3) is 0.312. The number of nitrogens with two attached hydrogens (primary N) is 1. The number of hydrogen-bond acceptors (Lipinski definition) is 5. The number of rotatable bonds is 4. The molecule has 9 nitrogen and oxygen atoms in total. The van der Waals surface area contributed by atoms with Crippen LogP contribution in [0.1, 0.15) is 57.4 Å². The van der Waals surface area contributed by atoms with Crippen molar-refractivity contribution in [3.63, 3.8) is 0 Å². The number of aromatic amines is 1. The van der Waals surface area contributed by atoms with Crippen LogP contribution in [-0.2, 0) is 4.79 Å². The van der Waals surface area contributed by atoms with E-state index in [-0.39, 0.29) is 11.8 Å². The van der Waals surface area contributed by atoms with Gasteiger partial charge >= 0.3 is 0 Å². The minimum Gasteiger partial charge on any atom is -0.366 e. The van der Waals surface area contributed by atoms with Crippen molar-refractivity contribution in [2.75, 3.05) is 33.2 Å². The van der Waals surface area contributed by atoms with E-state index in [9.17, 15) is 19.2 Å². The van der Waals surface area contributed by atoms with Crippen molar-refractivity contribution in [3.8, 4) is 11.1 Å². The fourth-order valence-corrected chi connectivity index (χ4v) is 5.30. The predicted octanol–water partition coefficient (Wildman–Crippen LogP) is 4.09. The molecule has 41 heavy (non-hydrogen) atoms. The van der Waals surface area contributed by atoms with Gasteiger partial charge in [0, 0.05) is 59.0 Å². The van der Waals surface area contributed by atoms with Gasteiger partial charge in [-0.1, -0.05) is 45.0 Å². The van der Waals surface area contributed by atoms with E-state index < -0.39 is 17.2 Å². The molecule has 0 saturated carbocycles. The monoisotopic (exact) mass is 553 g/mol. The molecule has 4 N–H and O–H groups in total. The molecule has 212 valence electrons. The third-order valence-electron chi connectivity index (χ3n) is 7.83. The van der Waals surface area contributed by atoms with Gasteiger partial charge in [0.15, 0.2) is 0 Å². The van der Waals surface area contributed by atoms with E-state index in [0.717, 1.165) is 35.0 Å². The van der Waals surface area contributed by atoms with Crippen LogP contribution in [0.3, 0.4) is 0 Å². The number of nitrogens with one attached hydrogen (secondary N) is 2. The molecule has 2 heterocycles. The van der Waals surface area contributed by atoms with E-state index in [1.807, 2.05) is 49.2 Å². The Morgan fingerprint density at radius 1 is 0.902 bits per heavy atom. The van der Waals surface area contributed by atoms with Gasteiger partial charge in [-0.2, -0.15) is 0 Å². The van der Waals surface area contributed by atoms with Crippen LogP contribution in [-0.4, -0.2) is 71.6 Å². The normalized spacial score (nSPS) is 14.4. The van der Waals surface area contributed by atoms with E-state index in [2.05, 4.69) is 15.2 Å². The van der Waals surface area contributed by atoms with Crippen LogP contribution in [0, 0.1) is 12.3 Å². The lowest BCUT2D eigenvalue weighted by atomic mass is 9.91. The molecule has 5 rings (SSSR count). The lowest BCUT2D eigenvalue weighted by molar-refractivity contribution is -0.127. The molecule has 4 aromatic rings. The van der Waals surface area contributed by atoms with Crippen LogP contribution < -0.4 is 11.1 Å². The minimum absolute atomic E-state index is 0.0339. The zero-order chi connectivity index (χ0) is 29.6. The van der Waals surface area contributed by atoms with E-state index in [4.69, 9.17) is 5.73 Å². The number of carbonyl (C=O) groups excluding carboxylic acids is 4. The Morgan fingerprint density at radius 2 is 1.61 bits per heavy atom.